The number of methoxy groups -OCH3 is 1. The van der Waals surface area contributed by atoms with Crippen molar-refractivity contribution in [3.05, 3.63) is 81.9 Å². The summed E-state index contributed by atoms with van der Waals surface area (Å²) < 4.78 is 6.47. The Bertz CT molecular complexity index is 1520. The Morgan fingerprint density at radius 3 is 2.49 bits per heavy atom. The van der Waals surface area contributed by atoms with Crippen molar-refractivity contribution in [3.63, 3.8) is 0 Å². The number of thiazole rings is 1. The molecule has 37 heavy (non-hydrogen) atoms. The third kappa shape index (κ3) is 6.02. The van der Waals surface area contributed by atoms with Crippen molar-refractivity contribution >= 4 is 68.2 Å². The Kier molecular flexibility index (Phi) is 7.65. The minimum Gasteiger partial charge on any atom is -0.497 e. The third-order valence-electron chi connectivity index (χ3n) is 5.02. The van der Waals surface area contributed by atoms with Gasteiger partial charge in [0.25, 0.3) is 11.6 Å². The van der Waals surface area contributed by atoms with Crippen molar-refractivity contribution in [1.82, 2.24) is 4.98 Å². The molecule has 0 unspecified atom stereocenters. The minimum atomic E-state index is -1.58. The Hall–Kier alpha value is -4.49. The zero-order chi connectivity index (χ0) is 26.5. The van der Waals surface area contributed by atoms with E-state index >= 15 is 0 Å². The maximum Gasteiger partial charge on any atom is 0.343 e. The van der Waals surface area contributed by atoms with Crippen LogP contribution in [0.3, 0.4) is 0 Å². The number of aromatic carboxylic acids is 1. The van der Waals surface area contributed by atoms with Gasteiger partial charge in [-0.25, -0.2) is 9.78 Å². The van der Waals surface area contributed by atoms with E-state index in [1.165, 1.54) is 35.2 Å². The molecule has 188 valence electrons. The second-order valence-corrected chi connectivity index (χ2v) is 9.70. The van der Waals surface area contributed by atoms with Crippen LogP contribution in [0, 0.1) is 10.1 Å². The summed E-state index contributed by atoms with van der Waals surface area (Å²) in [7, 11) is 1.56. The van der Waals surface area contributed by atoms with Crippen LogP contribution in [-0.2, 0) is 4.79 Å². The lowest BCUT2D eigenvalue weighted by atomic mass is 10.0. The van der Waals surface area contributed by atoms with Gasteiger partial charge in [0.1, 0.15) is 11.3 Å². The number of amides is 2. The summed E-state index contributed by atoms with van der Waals surface area (Å²) in [5, 5.41) is 26.0. The fraction of sp³-hybridized carbons (Fsp3) is 0.0833. The smallest absolute Gasteiger partial charge is 0.343 e. The molecule has 0 spiro atoms. The zero-order valence-corrected chi connectivity index (χ0v) is 20.7. The Morgan fingerprint density at radius 1 is 1.08 bits per heavy atom. The van der Waals surface area contributed by atoms with Crippen LogP contribution in [0.2, 0.25) is 0 Å². The second kappa shape index (κ2) is 11.1. The van der Waals surface area contributed by atoms with E-state index in [1.807, 2.05) is 0 Å². The number of nitrogens with zero attached hydrogens (tertiary/aromatic N) is 2. The number of nitro groups is 1. The van der Waals surface area contributed by atoms with Crippen molar-refractivity contribution in [2.24, 2.45) is 0 Å². The zero-order valence-electron chi connectivity index (χ0n) is 19.1. The maximum atomic E-state index is 12.8. The van der Waals surface area contributed by atoms with E-state index in [4.69, 9.17) is 4.74 Å². The summed E-state index contributed by atoms with van der Waals surface area (Å²) in [5.41, 5.74) is -0.0252. The van der Waals surface area contributed by atoms with Crippen molar-refractivity contribution in [2.45, 2.75) is 4.34 Å². The highest BCUT2D eigenvalue weighted by molar-refractivity contribution is 8.01. The fourth-order valence-corrected chi connectivity index (χ4v) is 5.25. The van der Waals surface area contributed by atoms with Crippen LogP contribution >= 0.6 is 23.1 Å². The molecule has 0 aliphatic heterocycles. The van der Waals surface area contributed by atoms with E-state index in [0.717, 1.165) is 10.8 Å². The van der Waals surface area contributed by atoms with Crippen LogP contribution in [0.5, 0.6) is 5.75 Å². The van der Waals surface area contributed by atoms with Crippen LogP contribution in [0.1, 0.15) is 20.7 Å². The molecule has 0 fully saturated rings. The van der Waals surface area contributed by atoms with Gasteiger partial charge < -0.3 is 20.5 Å². The summed E-state index contributed by atoms with van der Waals surface area (Å²) in [6, 6.07) is 15.4. The van der Waals surface area contributed by atoms with Gasteiger partial charge in [-0.1, -0.05) is 17.8 Å². The molecule has 11 nitrogen and oxygen atoms in total. The van der Waals surface area contributed by atoms with E-state index in [2.05, 4.69) is 15.6 Å². The number of anilines is 2. The van der Waals surface area contributed by atoms with E-state index < -0.39 is 28.1 Å². The average molecular weight is 539 g/mol. The minimum absolute atomic E-state index is 0.139. The normalized spacial score (nSPS) is 10.6. The number of carbonyl (C=O) groups is 3. The van der Waals surface area contributed by atoms with Crippen LogP contribution in [0.4, 0.5) is 17.1 Å². The first-order valence-electron chi connectivity index (χ1n) is 10.5. The topological polar surface area (TPSA) is 161 Å². The molecule has 0 bridgehead atoms. The summed E-state index contributed by atoms with van der Waals surface area (Å²) in [6.07, 6.45) is 0. The molecule has 3 aromatic carbocycles. The van der Waals surface area contributed by atoms with Gasteiger partial charge in [0, 0.05) is 17.4 Å². The van der Waals surface area contributed by atoms with Crippen molar-refractivity contribution in [3.8, 4) is 5.75 Å². The number of thioether (sulfide) groups is 1. The maximum absolute atomic E-state index is 12.8. The lowest BCUT2D eigenvalue weighted by Crippen LogP contribution is -2.17. The number of carbonyl (C=O) groups excluding carboxylic acids is 2. The van der Waals surface area contributed by atoms with E-state index in [9.17, 15) is 29.6 Å². The lowest BCUT2D eigenvalue weighted by molar-refractivity contribution is -0.385. The molecule has 4 rings (SSSR count). The number of hydrogen-bond acceptors (Lipinski definition) is 9. The highest BCUT2D eigenvalue weighted by atomic mass is 32.2. The summed E-state index contributed by atoms with van der Waals surface area (Å²) in [5.74, 6) is -1.75. The van der Waals surface area contributed by atoms with Crippen molar-refractivity contribution in [2.75, 3.05) is 23.5 Å². The number of nitrogens with one attached hydrogen (secondary N) is 2. The molecule has 3 N–H and O–H groups in total. The summed E-state index contributed by atoms with van der Waals surface area (Å²) in [4.78, 5) is 51.5. The molecule has 0 aliphatic carbocycles. The molecule has 0 saturated heterocycles. The van der Waals surface area contributed by atoms with Crippen LogP contribution < -0.4 is 15.4 Å². The first kappa shape index (κ1) is 25.6. The number of rotatable bonds is 9. The molecule has 1 aromatic heterocycles. The molecular formula is C24H18N4O7S2. The molecule has 13 heteroatoms. The number of hydrogen-bond donors (Lipinski definition) is 3. The van der Waals surface area contributed by atoms with Crippen LogP contribution in [-0.4, -0.2) is 45.7 Å². The summed E-state index contributed by atoms with van der Waals surface area (Å²) in [6.45, 7) is 0. The van der Waals surface area contributed by atoms with Gasteiger partial charge in [-0.05, 0) is 48.5 Å². The number of carboxylic acid groups (broad SMARTS) is 1. The van der Waals surface area contributed by atoms with Crippen molar-refractivity contribution < 1.29 is 29.2 Å². The van der Waals surface area contributed by atoms with Gasteiger partial charge >= 0.3 is 5.97 Å². The molecule has 2 amide bonds. The predicted molar refractivity (Wildman–Crippen MR) is 140 cm³/mol. The number of benzene rings is 3. The average Bonchev–Trinajstić information content (AvgIpc) is 3.29. The van der Waals surface area contributed by atoms with Gasteiger partial charge in [0.15, 0.2) is 4.34 Å². The standard InChI is InChI=1S/C24H18N4O7S2/c1-35-15-8-5-13(6-9-15)25-20(29)12-36-24-27-17-10-7-14(11-19(17)37-24)26-22(30)16-3-2-4-18(28(33)34)21(16)23(31)32/h2-11H,12H2,1H3,(H,25,29)(H,26,30)(H,31,32). The molecule has 1 heterocycles. The highest BCUT2D eigenvalue weighted by Crippen LogP contribution is 2.32. The third-order valence-corrected chi connectivity index (χ3v) is 7.19. The number of aromatic nitrogens is 1. The first-order valence-corrected chi connectivity index (χ1v) is 12.3. The van der Waals surface area contributed by atoms with Gasteiger partial charge in [0.2, 0.25) is 5.91 Å². The molecule has 0 aliphatic rings. The number of nitro benzene ring substituents is 1. The van der Waals surface area contributed by atoms with Crippen molar-refractivity contribution in [1.29, 1.82) is 0 Å². The van der Waals surface area contributed by atoms with Gasteiger partial charge in [-0.3, -0.25) is 19.7 Å². The molecular weight excluding hydrogens is 520 g/mol. The molecule has 0 atom stereocenters. The van der Waals surface area contributed by atoms with E-state index in [0.29, 0.717) is 27.0 Å². The quantitative estimate of drug-likeness (QED) is 0.153. The monoisotopic (exact) mass is 538 g/mol. The largest absolute Gasteiger partial charge is 0.497 e. The Balaban J connectivity index is 1.43. The highest BCUT2D eigenvalue weighted by Gasteiger charge is 2.27. The van der Waals surface area contributed by atoms with Crippen LogP contribution in [0.25, 0.3) is 10.2 Å². The van der Waals surface area contributed by atoms with Gasteiger partial charge in [-0.15, -0.1) is 11.3 Å². The Labute approximate surface area is 217 Å². The predicted octanol–water partition coefficient (Wildman–Crippen LogP) is 4.89. The molecule has 0 saturated carbocycles. The van der Waals surface area contributed by atoms with Crippen LogP contribution in [0.15, 0.2) is 65.0 Å². The SMILES string of the molecule is COc1ccc(NC(=O)CSc2nc3ccc(NC(=O)c4cccc([N+](=O)[O-])c4C(=O)O)cc3s2)cc1. The fourth-order valence-electron chi connectivity index (χ4n) is 3.35. The molecule has 0 radical (unpaired) electrons. The summed E-state index contributed by atoms with van der Waals surface area (Å²) >= 11 is 2.58. The Morgan fingerprint density at radius 2 is 1.81 bits per heavy atom. The first-order chi connectivity index (χ1) is 17.7. The van der Waals surface area contributed by atoms with Gasteiger partial charge in [-0.2, -0.15) is 0 Å². The molecule has 4 aromatic rings. The van der Waals surface area contributed by atoms with Gasteiger partial charge in [0.05, 0.1) is 33.6 Å². The van der Waals surface area contributed by atoms with E-state index in [1.54, 1.807) is 49.6 Å². The number of fused-ring (bicyclic) bond motifs is 1. The number of carboxylic acids is 1. The van der Waals surface area contributed by atoms with E-state index in [-0.39, 0.29) is 17.2 Å². The lowest BCUT2D eigenvalue weighted by Gasteiger charge is -2.08. The number of ether oxygens (including phenoxy) is 1. The second-order valence-electron chi connectivity index (χ2n) is 7.44.